The van der Waals surface area contributed by atoms with Crippen molar-refractivity contribution in [2.24, 2.45) is 11.1 Å². The number of aryl methyl sites for hydroxylation is 2. The Balaban J connectivity index is 2.34. The minimum atomic E-state index is -3.39. The van der Waals surface area contributed by atoms with Crippen molar-refractivity contribution in [3.8, 4) is 0 Å². The van der Waals surface area contributed by atoms with Crippen LogP contribution in [0.3, 0.4) is 0 Å². The monoisotopic (exact) mass is 282 g/mol. The molecule has 19 heavy (non-hydrogen) atoms. The molecule has 2 rings (SSSR count). The van der Waals surface area contributed by atoms with Gasteiger partial charge < -0.3 is 5.73 Å². The summed E-state index contributed by atoms with van der Waals surface area (Å²) in [5.41, 5.74) is 7.53. The molecular weight excluding hydrogens is 260 g/mol. The Kier molecular flexibility index (Phi) is 3.73. The van der Waals surface area contributed by atoms with E-state index in [9.17, 15) is 8.42 Å². The average molecular weight is 282 g/mol. The maximum atomic E-state index is 12.7. The van der Waals surface area contributed by atoms with Gasteiger partial charge in [0.2, 0.25) is 10.0 Å². The summed E-state index contributed by atoms with van der Waals surface area (Å²) < 4.78 is 26.9. The van der Waals surface area contributed by atoms with Gasteiger partial charge in [-0.25, -0.2) is 8.42 Å². The molecule has 0 bridgehead atoms. The summed E-state index contributed by atoms with van der Waals surface area (Å²) in [4.78, 5) is 0.416. The number of benzene rings is 1. The number of sulfonamides is 1. The predicted molar refractivity (Wildman–Crippen MR) is 76.5 cm³/mol. The Morgan fingerprint density at radius 2 is 2.05 bits per heavy atom. The van der Waals surface area contributed by atoms with Gasteiger partial charge in [0.15, 0.2) is 0 Å². The Morgan fingerprint density at radius 3 is 2.58 bits per heavy atom. The van der Waals surface area contributed by atoms with E-state index in [0.29, 0.717) is 24.5 Å². The lowest BCUT2D eigenvalue weighted by Gasteiger charge is -2.23. The zero-order chi connectivity index (χ0) is 14.3. The Morgan fingerprint density at radius 1 is 1.37 bits per heavy atom. The van der Waals surface area contributed by atoms with Crippen LogP contribution in [-0.2, 0) is 10.0 Å². The van der Waals surface area contributed by atoms with E-state index in [1.54, 1.807) is 10.4 Å². The van der Waals surface area contributed by atoms with Crippen molar-refractivity contribution in [3.63, 3.8) is 0 Å². The van der Waals surface area contributed by atoms with Crippen LogP contribution in [-0.4, -0.2) is 32.4 Å². The van der Waals surface area contributed by atoms with Crippen LogP contribution in [0.25, 0.3) is 0 Å². The van der Waals surface area contributed by atoms with E-state index in [1.165, 1.54) is 0 Å². The van der Waals surface area contributed by atoms with E-state index < -0.39 is 10.0 Å². The topological polar surface area (TPSA) is 63.4 Å². The summed E-state index contributed by atoms with van der Waals surface area (Å²) in [6.07, 6.45) is 0.827. The van der Waals surface area contributed by atoms with Crippen molar-refractivity contribution < 1.29 is 8.42 Å². The molecule has 4 nitrogen and oxygen atoms in total. The number of rotatable bonds is 3. The summed E-state index contributed by atoms with van der Waals surface area (Å²) in [6, 6.07) is 5.46. The van der Waals surface area contributed by atoms with Crippen molar-refractivity contribution in [3.05, 3.63) is 29.3 Å². The Hall–Kier alpha value is -0.910. The summed E-state index contributed by atoms with van der Waals surface area (Å²) in [6.45, 7) is 7.45. The van der Waals surface area contributed by atoms with Gasteiger partial charge in [0.1, 0.15) is 0 Å². The molecular formula is C14H22N2O2S. The molecule has 0 spiro atoms. The first kappa shape index (κ1) is 14.5. The number of nitrogens with two attached hydrogens (primary N) is 1. The molecule has 1 aliphatic rings. The lowest BCUT2D eigenvalue weighted by Crippen LogP contribution is -2.34. The molecule has 0 aliphatic carbocycles. The maximum Gasteiger partial charge on any atom is 0.243 e. The molecule has 5 heteroatoms. The van der Waals surface area contributed by atoms with Crippen LogP contribution >= 0.6 is 0 Å². The lowest BCUT2D eigenvalue weighted by molar-refractivity contribution is 0.349. The van der Waals surface area contributed by atoms with Crippen molar-refractivity contribution >= 4 is 10.0 Å². The van der Waals surface area contributed by atoms with Crippen molar-refractivity contribution in [1.82, 2.24) is 4.31 Å². The highest BCUT2D eigenvalue weighted by molar-refractivity contribution is 7.89. The minimum absolute atomic E-state index is 0.0916. The standard InChI is InChI=1S/C14H22N2O2S/c1-11-4-5-13(12(2)8-11)19(17,18)16-7-6-14(3,9-15)10-16/h4-5,8H,6-7,9-10,15H2,1-3H3. The highest BCUT2D eigenvalue weighted by atomic mass is 32.2. The Bertz CT molecular complexity index is 583. The highest BCUT2D eigenvalue weighted by Crippen LogP contribution is 2.33. The minimum Gasteiger partial charge on any atom is -0.330 e. The quantitative estimate of drug-likeness (QED) is 0.917. The fourth-order valence-corrected chi connectivity index (χ4v) is 4.38. The Labute approximate surface area is 115 Å². The molecule has 0 radical (unpaired) electrons. The zero-order valence-corrected chi connectivity index (χ0v) is 12.6. The third kappa shape index (κ3) is 2.68. The molecule has 1 aliphatic heterocycles. The third-order valence-corrected chi connectivity index (χ3v) is 5.97. The molecule has 1 heterocycles. The van der Waals surface area contributed by atoms with Gasteiger partial charge in [0, 0.05) is 13.1 Å². The van der Waals surface area contributed by atoms with Crippen LogP contribution in [0.4, 0.5) is 0 Å². The first-order chi connectivity index (χ1) is 8.78. The summed E-state index contributed by atoms with van der Waals surface area (Å²) in [5.74, 6) is 0. The zero-order valence-electron chi connectivity index (χ0n) is 11.8. The fourth-order valence-electron chi connectivity index (χ4n) is 2.58. The van der Waals surface area contributed by atoms with Crippen molar-refractivity contribution in [2.45, 2.75) is 32.1 Å². The number of nitrogens with zero attached hydrogens (tertiary/aromatic N) is 1. The second-order valence-corrected chi connectivity index (χ2v) is 7.78. The smallest absolute Gasteiger partial charge is 0.243 e. The first-order valence-corrected chi connectivity index (χ1v) is 8.00. The molecule has 0 saturated carbocycles. The van der Waals surface area contributed by atoms with Crippen LogP contribution in [0.5, 0.6) is 0 Å². The van der Waals surface area contributed by atoms with Crippen LogP contribution in [0.1, 0.15) is 24.5 Å². The molecule has 1 atom stereocenters. The van der Waals surface area contributed by atoms with Crippen LogP contribution < -0.4 is 5.73 Å². The van der Waals surface area contributed by atoms with Gasteiger partial charge in [0.05, 0.1) is 4.90 Å². The van der Waals surface area contributed by atoms with Gasteiger partial charge in [-0.15, -0.1) is 0 Å². The van der Waals surface area contributed by atoms with Gasteiger partial charge in [-0.05, 0) is 43.9 Å². The molecule has 0 amide bonds. The first-order valence-electron chi connectivity index (χ1n) is 6.56. The second kappa shape index (κ2) is 4.89. The summed E-state index contributed by atoms with van der Waals surface area (Å²) in [5, 5.41) is 0. The SMILES string of the molecule is Cc1ccc(S(=O)(=O)N2CCC(C)(CN)C2)c(C)c1. The molecule has 1 fully saturated rings. The van der Waals surface area contributed by atoms with E-state index in [-0.39, 0.29) is 5.41 Å². The largest absolute Gasteiger partial charge is 0.330 e. The van der Waals surface area contributed by atoms with Gasteiger partial charge in [-0.3, -0.25) is 0 Å². The van der Waals surface area contributed by atoms with Gasteiger partial charge >= 0.3 is 0 Å². The van der Waals surface area contributed by atoms with Crippen LogP contribution in [0.2, 0.25) is 0 Å². The van der Waals surface area contributed by atoms with Crippen LogP contribution in [0, 0.1) is 19.3 Å². The van der Waals surface area contributed by atoms with Gasteiger partial charge in [-0.1, -0.05) is 24.6 Å². The summed E-state index contributed by atoms with van der Waals surface area (Å²) >= 11 is 0. The second-order valence-electron chi connectivity index (χ2n) is 5.87. The van der Waals surface area contributed by atoms with E-state index in [1.807, 2.05) is 32.9 Å². The maximum absolute atomic E-state index is 12.7. The molecule has 2 N–H and O–H groups in total. The molecule has 106 valence electrons. The van der Waals surface area contributed by atoms with Crippen LogP contribution in [0.15, 0.2) is 23.1 Å². The van der Waals surface area contributed by atoms with Gasteiger partial charge in [-0.2, -0.15) is 4.31 Å². The predicted octanol–water partition coefficient (Wildman–Crippen LogP) is 1.66. The van der Waals surface area contributed by atoms with Crippen molar-refractivity contribution in [1.29, 1.82) is 0 Å². The fraction of sp³-hybridized carbons (Fsp3) is 0.571. The van der Waals surface area contributed by atoms with E-state index in [0.717, 1.165) is 17.5 Å². The molecule has 1 unspecified atom stereocenters. The van der Waals surface area contributed by atoms with Crippen molar-refractivity contribution in [2.75, 3.05) is 19.6 Å². The highest BCUT2D eigenvalue weighted by Gasteiger charge is 2.39. The molecule has 1 aromatic carbocycles. The lowest BCUT2D eigenvalue weighted by atomic mass is 9.90. The third-order valence-electron chi connectivity index (χ3n) is 3.96. The number of hydrogen-bond acceptors (Lipinski definition) is 3. The van der Waals surface area contributed by atoms with E-state index >= 15 is 0 Å². The average Bonchev–Trinajstić information content (AvgIpc) is 2.73. The summed E-state index contributed by atoms with van der Waals surface area (Å²) in [7, 11) is -3.39. The van der Waals surface area contributed by atoms with E-state index in [2.05, 4.69) is 0 Å². The number of hydrogen-bond donors (Lipinski definition) is 1. The van der Waals surface area contributed by atoms with Gasteiger partial charge in [0.25, 0.3) is 0 Å². The molecule has 1 aromatic rings. The normalized spacial score (nSPS) is 24.8. The molecule has 1 saturated heterocycles. The molecule has 0 aromatic heterocycles. The van der Waals surface area contributed by atoms with E-state index in [4.69, 9.17) is 5.73 Å².